The van der Waals surface area contributed by atoms with Crippen molar-refractivity contribution in [2.75, 3.05) is 62.6 Å². The molecule has 2 saturated heterocycles. The summed E-state index contributed by atoms with van der Waals surface area (Å²) < 4.78 is 0. The van der Waals surface area contributed by atoms with Crippen molar-refractivity contribution in [3.05, 3.63) is 24.3 Å². The summed E-state index contributed by atoms with van der Waals surface area (Å²) in [6.07, 6.45) is 1.43. The molecule has 7 heteroatoms. The van der Waals surface area contributed by atoms with E-state index in [1.54, 1.807) is 4.90 Å². The average molecular weight is 346 g/mol. The highest BCUT2D eigenvalue weighted by molar-refractivity contribution is 6.02. The number of benzene rings is 1. The largest absolute Gasteiger partial charge is 0.395 e. The van der Waals surface area contributed by atoms with Crippen LogP contribution in [0, 0.1) is 0 Å². The lowest BCUT2D eigenvalue weighted by Crippen LogP contribution is -2.49. The first kappa shape index (κ1) is 17.8. The minimum atomic E-state index is -0.0605. The normalized spacial score (nSPS) is 19.4. The van der Waals surface area contributed by atoms with Gasteiger partial charge in [-0.2, -0.15) is 0 Å². The Bertz CT molecular complexity index is 614. The van der Waals surface area contributed by atoms with Gasteiger partial charge in [-0.1, -0.05) is 12.1 Å². The van der Waals surface area contributed by atoms with Crippen LogP contribution in [-0.4, -0.2) is 79.1 Å². The molecular weight excluding hydrogens is 320 g/mol. The third-order valence-electron chi connectivity index (χ3n) is 4.79. The Labute approximate surface area is 148 Å². The average Bonchev–Trinajstić information content (AvgIpc) is 3.03. The van der Waals surface area contributed by atoms with Gasteiger partial charge in [0.15, 0.2) is 0 Å². The molecule has 2 N–H and O–H groups in total. The summed E-state index contributed by atoms with van der Waals surface area (Å²) in [7, 11) is 0. The maximum absolute atomic E-state index is 12.4. The molecule has 2 amide bonds. The molecule has 0 spiro atoms. The number of carbonyl (C=O) groups is 2. The Morgan fingerprint density at radius 1 is 1.08 bits per heavy atom. The molecule has 25 heavy (non-hydrogen) atoms. The smallest absolute Gasteiger partial charge is 0.238 e. The van der Waals surface area contributed by atoms with Crippen LogP contribution in [0.15, 0.2) is 24.3 Å². The standard InChI is InChI=1S/C18H26N4O3/c23-13-12-20-8-10-21(11-9-20)14-17(24)19-15-4-1-2-5-16(15)22-7-3-6-18(22)25/h1-2,4-5,23H,3,6-14H2,(H,19,24). The van der Waals surface area contributed by atoms with Gasteiger partial charge in [-0.3, -0.25) is 19.4 Å². The number of anilines is 2. The number of aliphatic hydroxyl groups excluding tert-OH is 1. The van der Waals surface area contributed by atoms with Crippen LogP contribution in [-0.2, 0) is 9.59 Å². The van der Waals surface area contributed by atoms with Crippen molar-refractivity contribution in [2.24, 2.45) is 0 Å². The predicted octanol–water partition coefficient (Wildman–Crippen LogP) is 0.362. The van der Waals surface area contributed by atoms with E-state index in [9.17, 15) is 9.59 Å². The molecule has 2 aliphatic rings. The van der Waals surface area contributed by atoms with Gasteiger partial charge in [0.05, 0.1) is 24.5 Å². The van der Waals surface area contributed by atoms with Gasteiger partial charge in [0, 0.05) is 45.7 Å². The maximum atomic E-state index is 12.4. The maximum Gasteiger partial charge on any atom is 0.238 e. The van der Waals surface area contributed by atoms with Crippen molar-refractivity contribution >= 4 is 23.2 Å². The third kappa shape index (κ3) is 4.56. The first-order valence-electron chi connectivity index (χ1n) is 8.92. The molecule has 136 valence electrons. The summed E-state index contributed by atoms with van der Waals surface area (Å²) in [5, 5.41) is 11.9. The van der Waals surface area contributed by atoms with E-state index in [0.29, 0.717) is 31.7 Å². The fourth-order valence-corrected chi connectivity index (χ4v) is 3.42. The third-order valence-corrected chi connectivity index (χ3v) is 4.79. The predicted molar refractivity (Wildman–Crippen MR) is 96.6 cm³/mol. The molecule has 0 aliphatic carbocycles. The zero-order chi connectivity index (χ0) is 17.6. The zero-order valence-corrected chi connectivity index (χ0v) is 14.5. The first-order valence-corrected chi connectivity index (χ1v) is 8.92. The number of nitrogens with one attached hydrogen (secondary N) is 1. The summed E-state index contributed by atoms with van der Waals surface area (Å²) in [4.78, 5) is 30.5. The molecule has 7 nitrogen and oxygen atoms in total. The summed E-state index contributed by atoms with van der Waals surface area (Å²) in [5.41, 5.74) is 1.48. The number of para-hydroxylation sites is 2. The molecule has 0 atom stereocenters. The number of hydrogen-bond acceptors (Lipinski definition) is 5. The van der Waals surface area contributed by atoms with E-state index in [-0.39, 0.29) is 18.4 Å². The summed E-state index contributed by atoms with van der Waals surface area (Å²) in [6, 6.07) is 7.48. The molecular formula is C18H26N4O3. The van der Waals surface area contributed by atoms with E-state index in [0.717, 1.165) is 38.3 Å². The lowest BCUT2D eigenvalue weighted by molar-refractivity contribution is -0.118. The molecule has 0 radical (unpaired) electrons. The van der Waals surface area contributed by atoms with Crippen molar-refractivity contribution in [2.45, 2.75) is 12.8 Å². The first-order chi connectivity index (χ1) is 12.2. The molecule has 2 fully saturated rings. The van der Waals surface area contributed by atoms with E-state index >= 15 is 0 Å². The van der Waals surface area contributed by atoms with Crippen LogP contribution >= 0.6 is 0 Å². The molecule has 0 bridgehead atoms. The minimum absolute atomic E-state index is 0.0605. The number of amides is 2. The number of β-amino-alcohol motifs (C(OH)–C–C–N with tert-alkyl or cyclic N) is 1. The molecule has 1 aromatic rings. The van der Waals surface area contributed by atoms with Crippen molar-refractivity contribution in [1.82, 2.24) is 9.80 Å². The van der Waals surface area contributed by atoms with Gasteiger partial charge in [-0.15, -0.1) is 0 Å². The van der Waals surface area contributed by atoms with Gasteiger partial charge in [-0.25, -0.2) is 0 Å². The molecule has 0 aromatic heterocycles. The molecule has 1 aromatic carbocycles. The van der Waals surface area contributed by atoms with E-state index in [1.165, 1.54) is 0 Å². The van der Waals surface area contributed by atoms with Gasteiger partial charge >= 0.3 is 0 Å². The quantitative estimate of drug-likeness (QED) is 0.778. The Balaban J connectivity index is 1.56. The van der Waals surface area contributed by atoms with Gasteiger partial charge in [-0.05, 0) is 18.6 Å². The van der Waals surface area contributed by atoms with Gasteiger partial charge in [0.2, 0.25) is 11.8 Å². The van der Waals surface area contributed by atoms with Crippen molar-refractivity contribution in [3.63, 3.8) is 0 Å². The fourth-order valence-electron chi connectivity index (χ4n) is 3.42. The topological polar surface area (TPSA) is 76.1 Å². The number of rotatable bonds is 6. The monoisotopic (exact) mass is 346 g/mol. The van der Waals surface area contributed by atoms with Crippen LogP contribution in [0.3, 0.4) is 0 Å². The molecule has 2 heterocycles. The second kappa shape index (κ2) is 8.42. The Morgan fingerprint density at radius 3 is 2.48 bits per heavy atom. The fraction of sp³-hybridized carbons (Fsp3) is 0.556. The SMILES string of the molecule is O=C(CN1CCN(CCO)CC1)Nc1ccccc1N1CCCC1=O. The lowest BCUT2D eigenvalue weighted by atomic mass is 10.2. The van der Waals surface area contributed by atoms with Crippen LogP contribution in [0.5, 0.6) is 0 Å². The van der Waals surface area contributed by atoms with Crippen LogP contribution < -0.4 is 10.2 Å². The number of carbonyl (C=O) groups excluding carboxylic acids is 2. The molecule has 2 aliphatic heterocycles. The van der Waals surface area contributed by atoms with Gasteiger partial charge in [0.25, 0.3) is 0 Å². The van der Waals surface area contributed by atoms with E-state index in [2.05, 4.69) is 15.1 Å². The molecule has 0 unspecified atom stereocenters. The van der Waals surface area contributed by atoms with E-state index in [1.807, 2.05) is 24.3 Å². The van der Waals surface area contributed by atoms with Crippen molar-refractivity contribution in [1.29, 1.82) is 0 Å². The van der Waals surface area contributed by atoms with Crippen LogP contribution in [0.1, 0.15) is 12.8 Å². The number of aliphatic hydroxyl groups is 1. The Kier molecular flexibility index (Phi) is 6.01. The lowest BCUT2D eigenvalue weighted by Gasteiger charge is -2.33. The van der Waals surface area contributed by atoms with Crippen LogP contribution in [0.2, 0.25) is 0 Å². The van der Waals surface area contributed by atoms with Crippen molar-refractivity contribution < 1.29 is 14.7 Å². The Morgan fingerprint density at radius 2 is 1.80 bits per heavy atom. The second-order valence-corrected chi connectivity index (χ2v) is 6.56. The highest BCUT2D eigenvalue weighted by Gasteiger charge is 2.24. The number of piperazine rings is 1. The van der Waals surface area contributed by atoms with E-state index < -0.39 is 0 Å². The van der Waals surface area contributed by atoms with Crippen LogP contribution in [0.25, 0.3) is 0 Å². The van der Waals surface area contributed by atoms with Crippen LogP contribution in [0.4, 0.5) is 11.4 Å². The molecule has 0 saturated carbocycles. The highest BCUT2D eigenvalue weighted by Crippen LogP contribution is 2.29. The summed E-state index contributed by atoms with van der Waals surface area (Å²) >= 11 is 0. The number of hydrogen-bond donors (Lipinski definition) is 2. The minimum Gasteiger partial charge on any atom is -0.395 e. The van der Waals surface area contributed by atoms with Gasteiger partial charge < -0.3 is 15.3 Å². The summed E-state index contributed by atoms with van der Waals surface area (Å²) in [6.45, 7) is 5.29. The number of nitrogens with zero attached hydrogens (tertiary/aromatic N) is 3. The summed E-state index contributed by atoms with van der Waals surface area (Å²) in [5.74, 6) is 0.0522. The van der Waals surface area contributed by atoms with Gasteiger partial charge in [0.1, 0.15) is 0 Å². The van der Waals surface area contributed by atoms with Crippen molar-refractivity contribution in [3.8, 4) is 0 Å². The Hall–Kier alpha value is -1.96. The highest BCUT2D eigenvalue weighted by atomic mass is 16.3. The van der Waals surface area contributed by atoms with E-state index in [4.69, 9.17) is 5.11 Å². The zero-order valence-electron chi connectivity index (χ0n) is 14.5. The molecule has 3 rings (SSSR count). The second-order valence-electron chi connectivity index (χ2n) is 6.56.